The number of nitrogens with zero attached hydrogens (tertiary/aromatic N) is 1. The number of ether oxygens (including phenoxy) is 1. The standard InChI is InChI=1S/C13H22F2N2O2/c1-2-5-17-6-3-10(4-7-17)16-9-11-8-13(14,15)12(18)19-11/h10-11,16H,2-9H2,1H3. The zero-order valence-electron chi connectivity index (χ0n) is 11.3. The van der Waals surface area contributed by atoms with Crippen LogP contribution in [-0.2, 0) is 9.53 Å². The van der Waals surface area contributed by atoms with Gasteiger partial charge in [-0.1, -0.05) is 6.92 Å². The van der Waals surface area contributed by atoms with Crippen molar-refractivity contribution < 1.29 is 18.3 Å². The predicted molar refractivity (Wildman–Crippen MR) is 67.2 cm³/mol. The summed E-state index contributed by atoms with van der Waals surface area (Å²) in [6, 6.07) is 0.348. The quantitative estimate of drug-likeness (QED) is 0.771. The van der Waals surface area contributed by atoms with Gasteiger partial charge >= 0.3 is 11.9 Å². The molecule has 2 rings (SSSR count). The van der Waals surface area contributed by atoms with E-state index in [2.05, 4.69) is 21.9 Å². The smallest absolute Gasteiger partial charge is 0.377 e. The van der Waals surface area contributed by atoms with Crippen LogP contribution >= 0.6 is 0 Å². The molecule has 0 aliphatic carbocycles. The van der Waals surface area contributed by atoms with Gasteiger partial charge < -0.3 is 15.0 Å². The third-order valence-corrected chi connectivity index (χ3v) is 3.82. The topological polar surface area (TPSA) is 41.6 Å². The number of cyclic esters (lactones) is 1. The summed E-state index contributed by atoms with van der Waals surface area (Å²) < 4.78 is 30.6. The van der Waals surface area contributed by atoms with E-state index in [1.807, 2.05) is 0 Å². The molecule has 0 radical (unpaired) electrons. The molecule has 0 saturated carbocycles. The average Bonchev–Trinajstić information content (AvgIpc) is 2.63. The molecule has 2 fully saturated rings. The molecule has 110 valence electrons. The molecule has 2 aliphatic rings. The molecule has 2 aliphatic heterocycles. The largest absolute Gasteiger partial charge is 0.456 e. The van der Waals surface area contributed by atoms with Crippen molar-refractivity contribution in [1.29, 1.82) is 0 Å². The van der Waals surface area contributed by atoms with Crippen molar-refractivity contribution >= 4 is 5.97 Å². The number of halogens is 2. The van der Waals surface area contributed by atoms with Gasteiger partial charge in [-0.25, -0.2) is 4.79 Å². The van der Waals surface area contributed by atoms with E-state index in [1.165, 1.54) is 0 Å². The molecule has 19 heavy (non-hydrogen) atoms. The molecule has 6 heteroatoms. The minimum Gasteiger partial charge on any atom is -0.456 e. The molecule has 2 heterocycles. The maximum absolute atomic E-state index is 13.0. The van der Waals surface area contributed by atoms with Gasteiger partial charge in [0.15, 0.2) is 0 Å². The predicted octanol–water partition coefficient (Wildman–Crippen LogP) is 1.40. The van der Waals surface area contributed by atoms with E-state index in [1.54, 1.807) is 0 Å². The number of hydrogen-bond acceptors (Lipinski definition) is 4. The van der Waals surface area contributed by atoms with Crippen LogP contribution in [0.5, 0.6) is 0 Å². The molecule has 0 aromatic rings. The summed E-state index contributed by atoms with van der Waals surface area (Å²) >= 11 is 0. The van der Waals surface area contributed by atoms with E-state index in [0.717, 1.165) is 38.9 Å². The Kier molecular flexibility index (Phi) is 4.73. The van der Waals surface area contributed by atoms with Crippen LogP contribution < -0.4 is 5.32 Å². The highest BCUT2D eigenvalue weighted by molar-refractivity contribution is 5.79. The molecule has 0 spiro atoms. The summed E-state index contributed by atoms with van der Waals surface area (Å²) in [5, 5.41) is 3.25. The van der Waals surface area contributed by atoms with Crippen molar-refractivity contribution in [3.63, 3.8) is 0 Å². The Morgan fingerprint density at radius 2 is 2.11 bits per heavy atom. The summed E-state index contributed by atoms with van der Waals surface area (Å²) in [6.07, 6.45) is 2.03. The van der Waals surface area contributed by atoms with Crippen molar-refractivity contribution in [2.75, 3.05) is 26.2 Å². The van der Waals surface area contributed by atoms with Crippen LogP contribution in [0.2, 0.25) is 0 Å². The molecular formula is C13H22F2N2O2. The number of carbonyl (C=O) groups is 1. The van der Waals surface area contributed by atoms with E-state index in [4.69, 9.17) is 0 Å². The number of alkyl halides is 2. The van der Waals surface area contributed by atoms with E-state index < -0.39 is 24.4 Å². The molecular weight excluding hydrogens is 254 g/mol. The van der Waals surface area contributed by atoms with Crippen molar-refractivity contribution in [3.05, 3.63) is 0 Å². The van der Waals surface area contributed by atoms with Gasteiger partial charge in [-0.3, -0.25) is 0 Å². The van der Waals surface area contributed by atoms with Crippen LogP contribution in [0.1, 0.15) is 32.6 Å². The lowest BCUT2D eigenvalue weighted by Gasteiger charge is -2.32. The molecule has 0 amide bonds. The lowest BCUT2D eigenvalue weighted by Crippen LogP contribution is -2.44. The minimum absolute atomic E-state index is 0.333. The third-order valence-electron chi connectivity index (χ3n) is 3.82. The maximum atomic E-state index is 13.0. The van der Waals surface area contributed by atoms with Gasteiger partial charge in [0.25, 0.3) is 0 Å². The Morgan fingerprint density at radius 3 is 2.63 bits per heavy atom. The lowest BCUT2D eigenvalue weighted by atomic mass is 10.0. The second kappa shape index (κ2) is 6.13. The summed E-state index contributed by atoms with van der Waals surface area (Å²) in [5.74, 6) is -4.67. The number of piperidine rings is 1. The maximum Gasteiger partial charge on any atom is 0.377 e. The van der Waals surface area contributed by atoms with Gasteiger partial charge in [0.2, 0.25) is 0 Å². The number of rotatable bonds is 5. The van der Waals surface area contributed by atoms with E-state index >= 15 is 0 Å². The highest BCUT2D eigenvalue weighted by atomic mass is 19.3. The molecule has 1 N–H and O–H groups in total. The second-order valence-corrected chi connectivity index (χ2v) is 5.46. The molecule has 2 saturated heterocycles. The number of nitrogens with one attached hydrogen (secondary N) is 1. The highest BCUT2D eigenvalue weighted by Crippen LogP contribution is 2.30. The van der Waals surface area contributed by atoms with Crippen LogP contribution in [0, 0.1) is 0 Å². The molecule has 0 aromatic carbocycles. The first-order chi connectivity index (χ1) is 9.01. The zero-order valence-corrected chi connectivity index (χ0v) is 11.3. The van der Waals surface area contributed by atoms with Crippen LogP contribution in [0.4, 0.5) is 8.78 Å². The van der Waals surface area contributed by atoms with E-state index in [-0.39, 0.29) is 0 Å². The summed E-state index contributed by atoms with van der Waals surface area (Å²) in [4.78, 5) is 13.3. The minimum atomic E-state index is -3.29. The van der Waals surface area contributed by atoms with Crippen LogP contribution in [-0.4, -0.2) is 55.1 Å². The van der Waals surface area contributed by atoms with Crippen LogP contribution in [0.15, 0.2) is 0 Å². The first-order valence-electron chi connectivity index (χ1n) is 7.06. The number of carbonyl (C=O) groups excluding carboxylic acids is 1. The first kappa shape index (κ1) is 14.7. The molecule has 1 unspecified atom stereocenters. The van der Waals surface area contributed by atoms with E-state index in [0.29, 0.717) is 12.6 Å². The molecule has 4 nitrogen and oxygen atoms in total. The van der Waals surface area contributed by atoms with Crippen molar-refractivity contribution in [3.8, 4) is 0 Å². The Labute approximate surface area is 112 Å². The Bertz CT molecular complexity index is 318. The summed E-state index contributed by atoms with van der Waals surface area (Å²) in [5.41, 5.74) is 0. The van der Waals surface area contributed by atoms with E-state index in [9.17, 15) is 13.6 Å². The van der Waals surface area contributed by atoms with Gasteiger partial charge in [-0.2, -0.15) is 8.78 Å². The lowest BCUT2D eigenvalue weighted by molar-refractivity contribution is -0.159. The molecule has 0 aromatic heterocycles. The third kappa shape index (κ3) is 3.86. The number of likely N-dealkylation sites (tertiary alicyclic amines) is 1. The molecule has 1 atom stereocenters. The number of esters is 1. The number of hydrogen-bond donors (Lipinski definition) is 1. The monoisotopic (exact) mass is 276 g/mol. The highest BCUT2D eigenvalue weighted by Gasteiger charge is 2.50. The zero-order chi connectivity index (χ0) is 13.9. The molecule has 0 bridgehead atoms. The fourth-order valence-electron chi connectivity index (χ4n) is 2.74. The SMILES string of the molecule is CCCN1CCC(NCC2CC(F)(F)C(=O)O2)CC1. The van der Waals surface area contributed by atoms with Crippen molar-refractivity contribution in [2.45, 2.75) is 50.7 Å². The van der Waals surface area contributed by atoms with Crippen LogP contribution in [0.3, 0.4) is 0 Å². The fourth-order valence-corrected chi connectivity index (χ4v) is 2.74. The second-order valence-electron chi connectivity index (χ2n) is 5.46. The van der Waals surface area contributed by atoms with Crippen LogP contribution in [0.25, 0.3) is 0 Å². The first-order valence-corrected chi connectivity index (χ1v) is 7.06. The summed E-state index contributed by atoms with van der Waals surface area (Å²) in [7, 11) is 0. The van der Waals surface area contributed by atoms with Gasteiger partial charge in [-0.15, -0.1) is 0 Å². The Hall–Kier alpha value is -0.750. The average molecular weight is 276 g/mol. The fraction of sp³-hybridized carbons (Fsp3) is 0.923. The van der Waals surface area contributed by atoms with Gasteiger partial charge in [0.05, 0.1) is 6.42 Å². The van der Waals surface area contributed by atoms with Crippen molar-refractivity contribution in [2.24, 2.45) is 0 Å². The Morgan fingerprint density at radius 1 is 1.42 bits per heavy atom. The van der Waals surface area contributed by atoms with Gasteiger partial charge in [0.1, 0.15) is 6.10 Å². The normalized spacial score (nSPS) is 28.6. The Balaban J connectivity index is 1.66. The van der Waals surface area contributed by atoms with Crippen molar-refractivity contribution in [1.82, 2.24) is 10.2 Å². The summed E-state index contributed by atoms with van der Waals surface area (Å²) in [6.45, 7) is 5.72. The van der Waals surface area contributed by atoms with Gasteiger partial charge in [0, 0.05) is 12.6 Å². The van der Waals surface area contributed by atoms with Gasteiger partial charge in [-0.05, 0) is 38.9 Å².